The molecule has 0 radical (unpaired) electrons. The second-order valence-corrected chi connectivity index (χ2v) is 8.38. The average molecular weight is 541 g/mol. The summed E-state index contributed by atoms with van der Waals surface area (Å²) < 4.78 is 0.758. The molecule has 35 heavy (non-hydrogen) atoms. The first kappa shape index (κ1) is 27.5. The van der Waals surface area contributed by atoms with Gasteiger partial charge in [0.05, 0.1) is 23.2 Å². The fraction of sp³-hybridized carbons (Fsp3) is 0.200. The first-order chi connectivity index (χ1) is 16.7. The summed E-state index contributed by atoms with van der Waals surface area (Å²) in [5, 5.41) is 20.9. The molecule has 0 unspecified atom stereocenters. The highest BCUT2D eigenvalue weighted by Crippen LogP contribution is 2.30. The number of carboxylic acid groups (broad SMARTS) is 2. The van der Waals surface area contributed by atoms with E-state index in [2.05, 4.69) is 62.3 Å². The number of amides is 1. The molecule has 10 heteroatoms. The van der Waals surface area contributed by atoms with Crippen LogP contribution in [-0.4, -0.2) is 54.9 Å². The highest BCUT2D eigenvalue weighted by molar-refractivity contribution is 9.10. The lowest BCUT2D eigenvalue weighted by Gasteiger charge is -2.26. The van der Waals surface area contributed by atoms with E-state index in [-0.39, 0.29) is 5.91 Å². The number of para-hydroxylation sites is 1. The molecule has 1 amide bonds. The number of benzene rings is 2. The number of carbonyl (C=O) groups is 3. The molecule has 0 fully saturated rings. The normalized spacial score (nSPS) is 10.2. The predicted molar refractivity (Wildman–Crippen MR) is 133 cm³/mol. The highest BCUT2D eigenvalue weighted by Gasteiger charge is 2.18. The third-order valence-corrected chi connectivity index (χ3v) is 5.32. The number of halogens is 1. The van der Waals surface area contributed by atoms with Crippen molar-refractivity contribution in [2.75, 3.05) is 37.4 Å². The molecule has 0 spiro atoms. The van der Waals surface area contributed by atoms with Gasteiger partial charge in [0.25, 0.3) is 5.91 Å². The summed E-state index contributed by atoms with van der Waals surface area (Å²) in [6.45, 7) is 1.76. The molecule has 1 heterocycles. The number of nitrogens with one attached hydrogen (secondary N) is 1. The van der Waals surface area contributed by atoms with Crippen molar-refractivity contribution in [1.82, 2.24) is 9.88 Å². The Morgan fingerprint density at radius 1 is 0.886 bits per heavy atom. The van der Waals surface area contributed by atoms with Gasteiger partial charge >= 0.3 is 0 Å². The Labute approximate surface area is 212 Å². The number of carboxylic acids is 2. The lowest BCUT2D eigenvalue weighted by molar-refractivity contribution is -0.345. The Balaban J connectivity index is 0.000000641. The molecule has 3 aromatic rings. The smallest absolute Gasteiger partial charge is 0.256 e. The van der Waals surface area contributed by atoms with Crippen LogP contribution in [0.1, 0.15) is 16.8 Å². The van der Waals surface area contributed by atoms with Gasteiger partial charge in [-0.3, -0.25) is 4.79 Å². The molecular weight excluding hydrogens is 516 g/mol. The summed E-state index contributed by atoms with van der Waals surface area (Å²) in [4.78, 5) is 39.6. The van der Waals surface area contributed by atoms with Crippen LogP contribution in [0.5, 0.6) is 0 Å². The molecule has 1 N–H and O–H groups in total. The topological polar surface area (TPSA) is 129 Å². The third-order valence-electron chi connectivity index (χ3n) is 4.63. The third kappa shape index (κ3) is 8.84. The van der Waals surface area contributed by atoms with E-state index in [1.165, 1.54) is 0 Å². The summed E-state index contributed by atoms with van der Waals surface area (Å²) in [6.07, 6.45) is 2.72. The van der Waals surface area contributed by atoms with Crippen molar-refractivity contribution in [3.05, 3.63) is 83.0 Å². The van der Waals surface area contributed by atoms with Crippen LogP contribution in [0.3, 0.4) is 0 Å². The number of anilines is 3. The maximum atomic E-state index is 12.9. The minimum atomic E-state index is -2.19. The summed E-state index contributed by atoms with van der Waals surface area (Å²) in [6, 6.07) is 21.2. The maximum Gasteiger partial charge on any atom is 0.256 e. The van der Waals surface area contributed by atoms with E-state index in [4.69, 9.17) is 19.8 Å². The quantitative estimate of drug-likeness (QED) is 0.427. The minimum Gasteiger partial charge on any atom is -0.543 e. The second kappa shape index (κ2) is 13.8. The first-order valence-corrected chi connectivity index (χ1v) is 11.4. The molecule has 1 aromatic heterocycles. The fourth-order valence-corrected chi connectivity index (χ4v) is 3.52. The van der Waals surface area contributed by atoms with Crippen LogP contribution in [0, 0.1) is 0 Å². The molecule has 0 aliphatic carbocycles. The zero-order valence-corrected chi connectivity index (χ0v) is 20.9. The lowest BCUT2D eigenvalue weighted by atomic mass is 10.2. The van der Waals surface area contributed by atoms with Gasteiger partial charge in [0.1, 0.15) is 0 Å². The molecule has 184 valence electrons. The van der Waals surface area contributed by atoms with Gasteiger partial charge in [-0.2, -0.15) is 0 Å². The van der Waals surface area contributed by atoms with Gasteiger partial charge in [-0.15, -0.1) is 0 Å². The van der Waals surface area contributed by atoms with Gasteiger partial charge in [0.2, 0.25) is 0 Å². The Bertz CT molecular complexity index is 1130. The van der Waals surface area contributed by atoms with Crippen molar-refractivity contribution in [1.29, 1.82) is 0 Å². The monoisotopic (exact) mass is 540 g/mol. The van der Waals surface area contributed by atoms with Gasteiger partial charge in [-0.1, -0.05) is 30.3 Å². The molecule has 0 atom stereocenters. The summed E-state index contributed by atoms with van der Waals surface area (Å²) >= 11 is 3.45. The van der Waals surface area contributed by atoms with Crippen LogP contribution in [-0.2, 0) is 9.59 Å². The second-order valence-electron chi connectivity index (χ2n) is 7.53. The van der Waals surface area contributed by atoms with Gasteiger partial charge < -0.3 is 34.9 Å². The molecule has 0 aliphatic heterocycles. The molecule has 0 bridgehead atoms. The van der Waals surface area contributed by atoms with E-state index in [0.717, 1.165) is 35.5 Å². The van der Waals surface area contributed by atoms with Crippen LogP contribution in [0.15, 0.2) is 77.4 Å². The van der Waals surface area contributed by atoms with E-state index in [0.29, 0.717) is 11.3 Å². The molecule has 0 aliphatic rings. The Kier molecular flexibility index (Phi) is 10.9. The van der Waals surface area contributed by atoms with E-state index in [1.54, 1.807) is 12.3 Å². The lowest BCUT2D eigenvalue weighted by Crippen LogP contribution is -2.42. The number of nitrogens with zero attached hydrogens (tertiary/aromatic N) is 3. The van der Waals surface area contributed by atoms with Gasteiger partial charge in [-0.05, 0) is 79.4 Å². The number of hydrogen-bond donors (Lipinski definition) is 1. The van der Waals surface area contributed by atoms with E-state index < -0.39 is 11.9 Å². The van der Waals surface area contributed by atoms with Gasteiger partial charge in [-0.25, -0.2) is 4.98 Å². The van der Waals surface area contributed by atoms with Crippen LogP contribution >= 0.6 is 15.9 Å². The molecule has 9 nitrogen and oxygen atoms in total. The van der Waals surface area contributed by atoms with Crippen LogP contribution in [0.2, 0.25) is 0 Å². The predicted octanol–water partition coefficient (Wildman–Crippen LogP) is 1.67. The molecule has 2 aromatic carbocycles. The summed E-state index contributed by atoms with van der Waals surface area (Å²) in [7, 11) is 4.13. The van der Waals surface area contributed by atoms with E-state index in [1.807, 2.05) is 48.5 Å². The zero-order chi connectivity index (χ0) is 25.8. The van der Waals surface area contributed by atoms with Crippen LogP contribution in [0.4, 0.5) is 17.2 Å². The number of aromatic nitrogens is 1. The zero-order valence-electron chi connectivity index (χ0n) is 19.3. The molecule has 3 rings (SSSR count). The Morgan fingerprint density at radius 3 is 2.11 bits per heavy atom. The molecule has 0 saturated carbocycles. The van der Waals surface area contributed by atoms with Crippen molar-refractivity contribution >= 4 is 51.0 Å². The van der Waals surface area contributed by atoms with E-state index >= 15 is 0 Å². The Hall–Kier alpha value is -3.76. The molecule has 0 saturated heterocycles. The van der Waals surface area contributed by atoms with Crippen molar-refractivity contribution in [2.45, 2.75) is 6.42 Å². The number of hydrogen-bond acceptors (Lipinski definition) is 8. The van der Waals surface area contributed by atoms with E-state index in [9.17, 15) is 4.79 Å². The summed E-state index contributed by atoms with van der Waals surface area (Å²) in [5.41, 5.74) is 2.31. The summed E-state index contributed by atoms with van der Waals surface area (Å²) in [5.74, 6) is -3.81. The SMILES string of the molecule is CN(C)CCCN(c1ccccc1)c1ncccc1NC(=O)c1ccccc1Br.O=C([O-])C(=O)[O-]. The van der Waals surface area contributed by atoms with Gasteiger partial charge in [0, 0.05) is 22.9 Å². The first-order valence-electron chi connectivity index (χ1n) is 10.6. The van der Waals surface area contributed by atoms with Crippen molar-refractivity contribution in [3.8, 4) is 0 Å². The molecular formula is C25H25BrN4O5-2. The average Bonchev–Trinajstić information content (AvgIpc) is 2.83. The minimum absolute atomic E-state index is 0.173. The highest BCUT2D eigenvalue weighted by atomic mass is 79.9. The van der Waals surface area contributed by atoms with Crippen molar-refractivity contribution in [2.24, 2.45) is 0 Å². The van der Waals surface area contributed by atoms with Crippen molar-refractivity contribution < 1.29 is 24.6 Å². The van der Waals surface area contributed by atoms with Crippen molar-refractivity contribution in [3.63, 3.8) is 0 Å². The number of aliphatic carboxylic acids is 2. The standard InChI is InChI=1S/C23H25BrN4O.C2H2O4/c1-27(2)16-9-17-28(18-10-4-3-5-11-18)22-21(14-8-15-25-22)26-23(29)19-12-6-7-13-20(19)24;3-1(4)2(5)6/h3-8,10-15H,9,16-17H2,1-2H3,(H,26,29);(H,3,4)(H,5,6)/p-2. The maximum absolute atomic E-state index is 12.9. The number of rotatable bonds is 8. The van der Waals surface area contributed by atoms with Crippen LogP contribution < -0.4 is 20.4 Å². The van der Waals surface area contributed by atoms with Crippen LogP contribution in [0.25, 0.3) is 0 Å². The Morgan fingerprint density at radius 2 is 1.51 bits per heavy atom. The largest absolute Gasteiger partial charge is 0.543 e. The number of pyridine rings is 1. The van der Waals surface area contributed by atoms with Gasteiger partial charge in [0.15, 0.2) is 5.82 Å². The fourth-order valence-electron chi connectivity index (χ4n) is 3.05. The number of carbonyl (C=O) groups excluding carboxylic acids is 3.